The Labute approximate surface area is 118 Å². The van der Waals surface area contributed by atoms with Gasteiger partial charge in [0, 0.05) is 31.4 Å². The molecule has 0 amide bonds. The molecule has 0 radical (unpaired) electrons. The number of nitrogens with one attached hydrogen (secondary N) is 1. The van der Waals surface area contributed by atoms with Gasteiger partial charge >= 0.3 is 0 Å². The van der Waals surface area contributed by atoms with Crippen LogP contribution in [0.4, 0.5) is 0 Å². The van der Waals surface area contributed by atoms with Gasteiger partial charge in [-0.25, -0.2) is 13.1 Å². The molecule has 2 N–H and O–H groups in total. The summed E-state index contributed by atoms with van der Waals surface area (Å²) in [7, 11) is -1.96. The molecule has 9 heteroatoms. The molecular weight excluding hydrogens is 338 g/mol. The number of aliphatic hydroxyl groups excluding tert-OH is 1. The van der Waals surface area contributed by atoms with Gasteiger partial charge in [-0.15, -0.1) is 0 Å². The Balaban J connectivity index is 2.15. The summed E-state index contributed by atoms with van der Waals surface area (Å²) in [4.78, 5) is -0.0413. The Kier molecular flexibility index (Phi) is 4.09. The van der Waals surface area contributed by atoms with Gasteiger partial charge in [0.15, 0.2) is 4.67 Å². The van der Waals surface area contributed by atoms with Gasteiger partial charge < -0.3 is 9.52 Å². The largest absolute Gasteiger partial charge is 0.450 e. The molecule has 2 heterocycles. The molecule has 2 aromatic rings. The predicted octanol–water partition coefficient (Wildman–Crippen LogP) is 0.746. The van der Waals surface area contributed by atoms with Crippen LogP contribution in [0.15, 0.2) is 32.4 Å². The zero-order valence-electron chi connectivity index (χ0n) is 10.00. The highest BCUT2D eigenvalue weighted by Gasteiger charge is 2.22. The fraction of sp³-hybridized carbons (Fsp3) is 0.300. The predicted molar refractivity (Wildman–Crippen MR) is 69.6 cm³/mol. The molecule has 0 atom stereocenters. The highest BCUT2D eigenvalue weighted by molar-refractivity contribution is 9.10. The van der Waals surface area contributed by atoms with E-state index in [0.29, 0.717) is 0 Å². The first-order valence-corrected chi connectivity index (χ1v) is 7.56. The number of furan rings is 1. The Hall–Kier alpha value is -1.16. The van der Waals surface area contributed by atoms with E-state index in [2.05, 4.69) is 25.8 Å². The van der Waals surface area contributed by atoms with Crippen LogP contribution in [0.5, 0.6) is 0 Å². The standard InChI is InChI=1S/C10H12BrN3O4S/c1-14-5-7(3-12-14)4-13-19(16,17)9-2-8(6-15)18-10(9)11/h2-3,5,13,15H,4,6H2,1H3. The van der Waals surface area contributed by atoms with Gasteiger partial charge in [0.25, 0.3) is 0 Å². The average molecular weight is 350 g/mol. The topological polar surface area (TPSA) is 97.4 Å². The quantitative estimate of drug-likeness (QED) is 0.829. The third-order valence-corrected chi connectivity index (χ3v) is 4.63. The first-order chi connectivity index (χ1) is 8.92. The highest BCUT2D eigenvalue weighted by atomic mass is 79.9. The number of aromatic nitrogens is 2. The first kappa shape index (κ1) is 14.3. The lowest BCUT2D eigenvalue weighted by Gasteiger charge is -2.03. The Morgan fingerprint density at radius 1 is 1.58 bits per heavy atom. The summed E-state index contributed by atoms with van der Waals surface area (Å²) < 4.78 is 33.2. The molecule has 0 fully saturated rings. The van der Waals surface area contributed by atoms with Gasteiger partial charge in [0.1, 0.15) is 17.3 Å². The van der Waals surface area contributed by atoms with Crippen molar-refractivity contribution in [2.75, 3.05) is 0 Å². The molecule has 19 heavy (non-hydrogen) atoms. The number of halogens is 1. The average Bonchev–Trinajstić information content (AvgIpc) is 2.93. The first-order valence-electron chi connectivity index (χ1n) is 5.28. The van der Waals surface area contributed by atoms with Crippen molar-refractivity contribution < 1.29 is 17.9 Å². The van der Waals surface area contributed by atoms with Crippen molar-refractivity contribution in [1.29, 1.82) is 0 Å². The Morgan fingerprint density at radius 3 is 2.84 bits per heavy atom. The molecule has 0 saturated heterocycles. The molecule has 0 unspecified atom stereocenters. The Morgan fingerprint density at radius 2 is 2.32 bits per heavy atom. The minimum absolute atomic E-state index is 0.0413. The van der Waals surface area contributed by atoms with E-state index >= 15 is 0 Å². The number of aryl methyl sites for hydroxylation is 1. The number of nitrogens with zero attached hydrogens (tertiary/aromatic N) is 2. The van der Waals surface area contributed by atoms with E-state index in [9.17, 15) is 8.42 Å². The van der Waals surface area contributed by atoms with E-state index in [-0.39, 0.29) is 28.5 Å². The number of aliphatic hydroxyl groups is 1. The number of rotatable bonds is 5. The van der Waals surface area contributed by atoms with Crippen LogP contribution in [0.3, 0.4) is 0 Å². The highest BCUT2D eigenvalue weighted by Crippen LogP contribution is 2.26. The summed E-state index contributed by atoms with van der Waals surface area (Å²) in [6.07, 6.45) is 3.29. The van der Waals surface area contributed by atoms with Gasteiger partial charge in [-0.1, -0.05) is 0 Å². The molecule has 0 spiro atoms. The molecule has 2 rings (SSSR count). The maximum absolute atomic E-state index is 12.1. The zero-order chi connectivity index (χ0) is 14.0. The lowest BCUT2D eigenvalue weighted by atomic mass is 10.4. The lowest BCUT2D eigenvalue weighted by molar-refractivity contribution is 0.245. The summed E-state index contributed by atoms with van der Waals surface area (Å²) in [6.45, 7) is -0.237. The van der Waals surface area contributed by atoms with Crippen LogP contribution in [0.2, 0.25) is 0 Å². The summed E-state index contributed by atoms with van der Waals surface area (Å²) in [5, 5.41) is 12.9. The van der Waals surface area contributed by atoms with Crippen molar-refractivity contribution in [3.05, 3.63) is 34.5 Å². The van der Waals surface area contributed by atoms with Gasteiger partial charge in [0.2, 0.25) is 10.0 Å². The van der Waals surface area contributed by atoms with Crippen LogP contribution in [-0.2, 0) is 30.2 Å². The molecule has 104 valence electrons. The smallest absolute Gasteiger partial charge is 0.245 e. The molecule has 2 aromatic heterocycles. The van der Waals surface area contributed by atoms with E-state index in [1.165, 1.54) is 6.07 Å². The zero-order valence-corrected chi connectivity index (χ0v) is 12.4. The maximum Gasteiger partial charge on any atom is 0.245 e. The van der Waals surface area contributed by atoms with Crippen LogP contribution in [0, 0.1) is 0 Å². The minimum atomic E-state index is -3.71. The SMILES string of the molecule is Cn1cc(CNS(=O)(=O)c2cc(CO)oc2Br)cn1. The number of hydrogen-bond donors (Lipinski definition) is 2. The normalized spacial score (nSPS) is 11.9. The van der Waals surface area contributed by atoms with Crippen LogP contribution in [-0.4, -0.2) is 23.3 Å². The van der Waals surface area contributed by atoms with Crippen molar-refractivity contribution in [3.63, 3.8) is 0 Å². The van der Waals surface area contributed by atoms with Crippen molar-refractivity contribution in [3.8, 4) is 0 Å². The van der Waals surface area contributed by atoms with Crippen LogP contribution >= 0.6 is 15.9 Å². The second-order valence-electron chi connectivity index (χ2n) is 3.86. The number of hydrogen-bond acceptors (Lipinski definition) is 5. The molecule has 0 aliphatic carbocycles. The summed E-state index contributed by atoms with van der Waals surface area (Å²) >= 11 is 3.01. The fourth-order valence-corrected chi connectivity index (χ4v) is 3.49. The van der Waals surface area contributed by atoms with Crippen LogP contribution < -0.4 is 4.72 Å². The van der Waals surface area contributed by atoms with Gasteiger partial charge in [-0.05, 0) is 15.9 Å². The van der Waals surface area contributed by atoms with E-state index in [1.54, 1.807) is 24.1 Å². The Bertz CT molecular complexity index is 677. The lowest BCUT2D eigenvalue weighted by Crippen LogP contribution is -2.22. The van der Waals surface area contributed by atoms with Crippen molar-refractivity contribution in [2.45, 2.75) is 18.0 Å². The van der Waals surface area contributed by atoms with E-state index in [0.717, 1.165) is 5.56 Å². The van der Waals surface area contributed by atoms with Crippen LogP contribution in [0.1, 0.15) is 11.3 Å². The molecule has 0 bridgehead atoms. The second kappa shape index (κ2) is 5.45. The third-order valence-electron chi connectivity index (χ3n) is 2.38. The van der Waals surface area contributed by atoms with Gasteiger partial charge in [0.05, 0.1) is 6.20 Å². The van der Waals surface area contributed by atoms with E-state index in [1.807, 2.05) is 0 Å². The van der Waals surface area contributed by atoms with Gasteiger partial charge in [-0.2, -0.15) is 5.10 Å². The number of sulfonamides is 1. The molecule has 0 aromatic carbocycles. The molecular formula is C10H12BrN3O4S. The summed E-state index contributed by atoms with van der Waals surface area (Å²) in [5.74, 6) is 0.175. The van der Waals surface area contributed by atoms with E-state index < -0.39 is 10.0 Å². The van der Waals surface area contributed by atoms with Gasteiger partial charge in [-0.3, -0.25) is 4.68 Å². The van der Waals surface area contributed by atoms with Crippen molar-refractivity contribution >= 4 is 26.0 Å². The third kappa shape index (κ3) is 3.24. The second-order valence-corrected chi connectivity index (χ2v) is 6.31. The maximum atomic E-state index is 12.1. The minimum Gasteiger partial charge on any atom is -0.450 e. The van der Waals surface area contributed by atoms with Crippen molar-refractivity contribution in [1.82, 2.24) is 14.5 Å². The summed E-state index contributed by atoms with van der Waals surface area (Å²) in [5.41, 5.74) is 0.744. The monoisotopic (exact) mass is 349 g/mol. The molecule has 7 nitrogen and oxygen atoms in total. The fourth-order valence-electron chi connectivity index (χ4n) is 1.48. The van der Waals surface area contributed by atoms with Crippen molar-refractivity contribution in [2.24, 2.45) is 7.05 Å². The molecule has 0 aliphatic rings. The summed E-state index contributed by atoms with van der Waals surface area (Å²) in [6, 6.07) is 1.27. The molecule has 0 saturated carbocycles. The molecule has 0 aliphatic heterocycles. The van der Waals surface area contributed by atoms with Crippen LogP contribution in [0.25, 0.3) is 0 Å². The van der Waals surface area contributed by atoms with E-state index in [4.69, 9.17) is 9.52 Å².